The van der Waals surface area contributed by atoms with Crippen molar-refractivity contribution in [1.82, 2.24) is 19.4 Å². The average Bonchev–Trinajstić information content (AvgIpc) is 3.64. The van der Waals surface area contributed by atoms with Crippen LogP contribution >= 0.6 is 0 Å². The second-order valence-electron chi connectivity index (χ2n) is 12.2. The molecule has 50 heavy (non-hydrogen) atoms. The van der Waals surface area contributed by atoms with Crippen molar-refractivity contribution in [3.63, 3.8) is 0 Å². The zero-order valence-corrected chi connectivity index (χ0v) is 27.1. The van der Waals surface area contributed by atoms with Crippen LogP contribution in [0.3, 0.4) is 0 Å². The van der Waals surface area contributed by atoms with Gasteiger partial charge in [0.15, 0.2) is 0 Å². The molecule has 0 radical (unpaired) electrons. The highest BCUT2D eigenvalue weighted by molar-refractivity contribution is 5.87. The summed E-state index contributed by atoms with van der Waals surface area (Å²) < 4.78 is 2.05. The molecule has 0 saturated heterocycles. The number of rotatable bonds is 7. The summed E-state index contributed by atoms with van der Waals surface area (Å²) in [7, 11) is 0. The van der Waals surface area contributed by atoms with E-state index in [0.29, 0.717) is 0 Å². The minimum atomic E-state index is 0.857. The van der Waals surface area contributed by atoms with Gasteiger partial charge in [0, 0.05) is 46.1 Å². The van der Waals surface area contributed by atoms with Crippen LogP contribution in [0.15, 0.2) is 188 Å². The molecular formula is C45H31N5. The van der Waals surface area contributed by atoms with E-state index in [4.69, 9.17) is 15.0 Å². The van der Waals surface area contributed by atoms with E-state index in [1.54, 1.807) is 0 Å². The number of imidazole rings is 1. The predicted octanol–water partition coefficient (Wildman–Crippen LogP) is 11.4. The van der Waals surface area contributed by atoms with Gasteiger partial charge in [0.05, 0.1) is 28.1 Å². The smallest absolute Gasteiger partial charge is 0.137 e. The molecule has 9 aromatic rings. The highest BCUT2D eigenvalue weighted by atomic mass is 15.1. The van der Waals surface area contributed by atoms with Crippen LogP contribution in [0.25, 0.3) is 61.6 Å². The summed E-state index contributed by atoms with van der Waals surface area (Å²) in [6.07, 6.45) is 4.10. The highest BCUT2D eigenvalue weighted by Crippen LogP contribution is 2.39. The predicted molar refractivity (Wildman–Crippen MR) is 205 cm³/mol. The van der Waals surface area contributed by atoms with Gasteiger partial charge in [0.1, 0.15) is 5.65 Å². The molecule has 0 saturated carbocycles. The van der Waals surface area contributed by atoms with Crippen molar-refractivity contribution < 1.29 is 0 Å². The molecule has 0 aliphatic heterocycles. The van der Waals surface area contributed by atoms with Crippen LogP contribution in [0.5, 0.6) is 0 Å². The first kappa shape index (κ1) is 29.3. The van der Waals surface area contributed by atoms with Gasteiger partial charge in [-0.1, -0.05) is 115 Å². The number of hydrogen-bond donors (Lipinski definition) is 0. The molecule has 3 aromatic heterocycles. The zero-order valence-electron chi connectivity index (χ0n) is 27.1. The first-order chi connectivity index (χ1) is 24.8. The van der Waals surface area contributed by atoms with Crippen LogP contribution in [0.4, 0.5) is 17.1 Å². The molecule has 5 nitrogen and oxygen atoms in total. The molecule has 6 aromatic carbocycles. The third-order valence-corrected chi connectivity index (χ3v) is 9.01. The molecule has 0 aliphatic carbocycles. The molecular weight excluding hydrogens is 611 g/mol. The van der Waals surface area contributed by atoms with Gasteiger partial charge >= 0.3 is 0 Å². The maximum Gasteiger partial charge on any atom is 0.137 e. The number of benzene rings is 6. The van der Waals surface area contributed by atoms with Crippen molar-refractivity contribution >= 4 is 33.7 Å². The van der Waals surface area contributed by atoms with Gasteiger partial charge in [-0.3, -0.25) is 0 Å². The maximum absolute atomic E-state index is 5.13. The van der Waals surface area contributed by atoms with Crippen LogP contribution in [-0.2, 0) is 0 Å². The normalized spacial score (nSPS) is 11.2. The summed E-state index contributed by atoms with van der Waals surface area (Å²) >= 11 is 0. The summed E-state index contributed by atoms with van der Waals surface area (Å²) in [6.45, 7) is 0. The molecule has 0 amide bonds. The second-order valence-corrected chi connectivity index (χ2v) is 12.2. The first-order valence-corrected chi connectivity index (χ1v) is 16.7. The van der Waals surface area contributed by atoms with E-state index in [1.807, 2.05) is 66.9 Å². The van der Waals surface area contributed by atoms with Gasteiger partial charge < -0.3 is 9.30 Å². The fraction of sp³-hybridized carbons (Fsp3) is 0. The van der Waals surface area contributed by atoms with Crippen LogP contribution in [0.1, 0.15) is 0 Å². The Labute approximate surface area is 290 Å². The van der Waals surface area contributed by atoms with Crippen molar-refractivity contribution in [2.24, 2.45) is 0 Å². The van der Waals surface area contributed by atoms with Gasteiger partial charge in [-0.15, -0.1) is 0 Å². The zero-order chi connectivity index (χ0) is 33.3. The summed E-state index contributed by atoms with van der Waals surface area (Å²) in [5, 5.41) is 0. The van der Waals surface area contributed by atoms with Crippen LogP contribution < -0.4 is 4.90 Å². The molecule has 0 fully saturated rings. The number of para-hydroxylation sites is 2. The summed E-state index contributed by atoms with van der Waals surface area (Å²) in [4.78, 5) is 17.4. The van der Waals surface area contributed by atoms with Crippen molar-refractivity contribution in [1.29, 1.82) is 0 Å². The van der Waals surface area contributed by atoms with Gasteiger partial charge in [0.2, 0.25) is 0 Å². The molecule has 0 aliphatic rings. The van der Waals surface area contributed by atoms with Crippen LogP contribution in [0.2, 0.25) is 0 Å². The first-order valence-electron chi connectivity index (χ1n) is 16.7. The van der Waals surface area contributed by atoms with E-state index in [-0.39, 0.29) is 0 Å². The lowest BCUT2D eigenvalue weighted by atomic mass is 10.0. The number of hydrogen-bond acceptors (Lipinski definition) is 4. The van der Waals surface area contributed by atoms with Gasteiger partial charge in [-0.05, 0) is 71.8 Å². The van der Waals surface area contributed by atoms with Gasteiger partial charge in [-0.25, -0.2) is 15.0 Å². The fourth-order valence-electron chi connectivity index (χ4n) is 6.52. The Morgan fingerprint density at radius 2 is 0.920 bits per heavy atom. The largest absolute Gasteiger partial charge is 0.310 e. The van der Waals surface area contributed by atoms with E-state index in [0.717, 1.165) is 73.1 Å². The molecule has 0 N–H and O–H groups in total. The minimum Gasteiger partial charge on any atom is -0.310 e. The molecule has 236 valence electrons. The summed E-state index contributed by atoms with van der Waals surface area (Å²) in [6, 6.07) is 60.9. The van der Waals surface area contributed by atoms with Crippen LogP contribution in [-0.4, -0.2) is 19.4 Å². The van der Waals surface area contributed by atoms with E-state index < -0.39 is 0 Å². The standard InChI is InChI=1S/C45H31N5/c1-3-12-32(13-4-1)36-16-11-17-39(30-36)50(37-25-21-33(22-26-37)42-31-49-29-10-9-20-43(49)46-42)38-27-23-35(24-28-38)45-44(34-14-5-2-6-15-34)47-40-18-7-8-19-41(40)48-45/h1-31H. The molecule has 0 bridgehead atoms. The number of aromatic nitrogens is 4. The number of nitrogens with zero attached hydrogens (tertiary/aromatic N) is 5. The Hall–Kier alpha value is -6.85. The lowest BCUT2D eigenvalue weighted by molar-refractivity contribution is 1.19. The molecule has 0 spiro atoms. The fourth-order valence-corrected chi connectivity index (χ4v) is 6.52. The lowest BCUT2D eigenvalue weighted by Crippen LogP contribution is -2.10. The molecule has 3 heterocycles. The van der Waals surface area contributed by atoms with Crippen molar-refractivity contribution in [2.45, 2.75) is 0 Å². The summed E-state index contributed by atoms with van der Waals surface area (Å²) in [5.74, 6) is 0. The van der Waals surface area contributed by atoms with Gasteiger partial charge in [0.25, 0.3) is 0 Å². The Bertz CT molecular complexity index is 2540. The second kappa shape index (κ2) is 12.6. The van der Waals surface area contributed by atoms with Crippen LogP contribution in [0, 0.1) is 0 Å². The van der Waals surface area contributed by atoms with E-state index >= 15 is 0 Å². The number of anilines is 3. The van der Waals surface area contributed by atoms with E-state index in [2.05, 4.69) is 131 Å². The third-order valence-electron chi connectivity index (χ3n) is 9.01. The van der Waals surface area contributed by atoms with Gasteiger partial charge in [-0.2, -0.15) is 0 Å². The molecule has 0 atom stereocenters. The van der Waals surface area contributed by atoms with E-state index in [9.17, 15) is 0 Å². The number of fused-ring (bicyclic) bond motifs is 2. The quantitative estimate of drug-likeness (QED) is 0.174. The highest BCUT2D eigenvalue weighted by Gasteiger charge is 2.17. The average molecular weight is 642 g/mol. The monoisotopic (exact) mass is 641 g/mol. The molecule has 0 unspecified atom stereocenters. The van der Waals surface area contributed by atoms with Crippen molar-refractivity contribution in [3.8, 4) is 44.9 Å². The topological polar surface area (TPSA) is 46.3 Å². The van der Waals surface area contributed by atoms with Crippen molar-refractivity contribution in [3.05, 3.63) is 188 Å². The Morgan fingerprint density at radius 1 is 0.380 bits per heavy atom. The maximum atomic E-state index is 5.13. The Kier molecular flexibility index (Phi) is 7.41. The molecule has 5 heteroatoms. The third kappa shape index (κ3) is 5.57. The van der Waals surface area contributed by atoms with Crippen molar-refractivity contribution in [2.75, 3.05) is 4.90 Å². The number of pyridine rings is 1. The lowest BCUT2D eigenvalue weighted by Gasteiger charge is -2.26. The minimum absolute atomic E-state index is 0.857. The SMILES string of the molecule is c1ccc(-c2cccc(N(c3ccc(-c4cn5ccccc5n4)cc3)c3ccc(-c4nc5ccccc5nc4-c4ccccc4)cc3)c2)cc1. The summed E-state index contributed by atoms with van der Waals surface area (Å²) in [5.41, 5.74) is 13.9. The Morgan fingerprint density at radius 3 is 1.56 bits per heavy atom. The Balaban J connectivity index is 1.14. The molecule has 9 rings (SSSR count). The van der Waals surface area contributed by atoms with E-state index in [1.165, 1.54) is 5.56 Å².